The van der Waals surface area contributed by atoms with Gasteiger partial charge in [-0.25, -0.2) is 18.6 Å². The van der Waals surface area contributed by atoms with E-state index in [-0.39, 0.29) is 24.8 Å². The average Bonchev–Trinajstić information content (AvgIpc) is 2.75. The summed E-state index contributed by atoms with van der Waals surface area (Å²) in [6, 6.07) is -0.291. The predicted molar refractivity (Wildman–Crippen MR) is 55.9 cm³/mol. The smallest absolute Gasteiger partial charge is 0.358 e. The molecule has 6 heteroatoms. The Morgan fingerprint density at radius 2 is 2.41 bits per heavy atom. The second-order valence-corrected chi connectivity index (χ2v) is 4.25. The van der Waals surface area contributed by atoms with Crippen molar-refractivity contribution in [1.29, 1.82) is 0 Å². The van der Waals surface area contributed by atoms with Gasteiger partial charge in [0, 0.05) is 24.6 Å². The van der Waals surface area contributed by atoms with Crippen LogP contribution in [0.4, 0.5) is 8.78 Å². The summed E-state index contributed by atoms with van der Waals surface area (Å²) >= 11 is 0. The van der Waals surface area contributed by atoms with Crippen LogP contribution in [0.2, 0.25) is 0 Å². The molecule has 0 spiro atoms. The number of hydrogen-bond acceptors (Lipinski definition) is 3. The van der Waals surface area contributed by atoms with E-state index in [0.717, 1.165) is 0 Å². The number of carbonyl (C=O) groups is 1. The Labute approximate surface area is 97.6 Å². The summed E-state index contributed by atoms with van der Waals surface area (Å²) in [6.07, 6.45) is 2.67. The summed E-state index contributed by atoms with van der Waals surface area (Å²) in [6.45, 7) is 3.46. The Morgan fingerprint density at radius 1 is 1.71 bits per heavy atom. The van der Waals surface area contributed by atoms with E-state index in [1.54, 1.807) is 11.5 Å². The molecule has 0 radical (unpaired) electrons. The number of esters is 1. The van der Waals surface area contributed by atoms with Crippen LogP contribution < -0.4 is 0 Å². The molecule has 1 aromatic heterocycles. The number of imidazole rings is 1. The van der Waals surface area contributed by atoms with Crippen molar-refractivity contribution >= 4 is 5.97 Å². The fourth-order valence-electron chi connectivity index (χ4n) is 1.95. The number of hydrogen-bond donors (Lipinski definition) is 0. The quantitative estimate of drug-likeness (QED) is 0.766. The van der Waals surface area contributed by atoms with Crippen molar-refractivity contribution in [2.45, 2.75) is 32.2 Å². The lowest BCUT2D eigenvalue weighted by atomic mass is 9.76. The zero-order chi connectivity index (χ0) is 12.6. The molecule has 0 saturated heterocycles. The van der Waals surface area contributed by atoms with E-state index in [0.29, 0.717) is 0 Å². The predicted octanol–water partition coefficient (Wildman–Crippen LogP) is 2.28. The van der Waals surface area contributed by atoms with E-state index < -0.39 is 17.8 Å². The van der Waals surface area contributed by atoms with Gasteiger partial charge in [-0.1, -0.05) is 6.92 Å². The van der Waals surface area contributed by atoms with Gasteiger partial charge in [-0.05, 0) is 6.92 Å². The van der Waals surface area contributed by atoms with E-state index in [1.165, 1.54) is 19.4 Å². The van der Waals surface area contributed by atoms with Crippen molar-refractivity contribution in [2.24, 2.45) is 5.92 Å². The molecule has 0 bridgehead atoms. The third-order valence-electron chi connectivity index (χ3n) is 3.19. The summed E-state index contributed by atoms with van der Waals surface area (Å²) in [5.41, 5.74) is 0.161. The SMILES string of the molecule is CCOC(=O)c1cn(C2CC(F)(F)C2C)cn1. The molecule has 2 unspecified atom stereocenters. The Hall–Kier alpha value is -1.46. The van der Waals surface area contributed by atoms with Gasteiger partial charge in [-0.15, -0.1) is 0 Å². The topological polar surface area (TPSA) is 44.1 Å². The first-order chi connectivity index (χ1) is 7.95. The molecule has 17 heavy (non-hydrogen) atoms. The van der Waals surface area contributed by atoms with Gasteiger partial charge in [0.25, 0.3) is 5.92 Å². The van der Waals surface area contributed by atoms with Gasteiger partial charge in [0.15, 0.2) is 5.69 Å². The van der Waals surface area contributed by atoms with E-state index in [1.807, 2.05) is 0 Å². The van der Waals surface area contributed by atoms with E-state index in [9.17, 15) is 13.6 Å². The molecule has 1 aromatic rings. The zero-order valence-corrected chi connectivity index (χ0v) is 9.69. The number of aromatic nitrogens is 2. The number of ether oxygens (including phenoxy) is 1. The third-order valence-corrected chi connectivity index (χ3v) is 3.19. The molecular formula is C11H14F2N2O2. The lowest BCUT2D eigenvalue weighted by molar-refractivity contribution is -0.158. The van der Waals surface area contributed by atoms with Crippen molar-refractivity contribution in [3.05, 3.63) is 18.2 Å². The standard InChI is InChI=1S/C11H14F2N2O2/c1-3-17-10(16)8-5-15(6-14-8)9-4-11(12,13)7(9)2/h5-7,9H,3-4H2,1-2H3. The van der Waals surface area contributed by atoms with E-state index in [2.05, 4.69) is 4.98 Å². The molecule has 2 rings (SSSR count). The van der Waals surface area contributed by atoms with Crippen molar-refractivity contribution in [1.82, 2.24) is 9.55 Å². The van der Waals surface area contributed by atoms with Crippen LogP contribution in [0.15, 0.2) is 12.5 Å². The van der Waals surface area contributed by atoms with Crippen LogP contribution in [0.5, 0.6) is 0 Å². The average molecular weight is 244 g/mol. The Bertz CT molecular complexity index is 431. The third kappa shape index (κ3) is 2.03. The number of rotatable bonds is 3. The van der Waals surface area contributed by atoms with Crippen LogP contribution in [-0.2, 0) is 4.74 Å². The molecule has 1 fully saturated rings. The number of halogens is 2. The normalized spacial score (nSPS) is 26.4. The molecule has 1 aliphatic rings. The summed E-state index contributed by atoms with van der Waals surface area (Å²) in [4.78, 5) is 15.2. The highest BCUT2D eigenvalue weighted by Crippen LogP contribution is 2.50. The minimum absolute atomic E-state index is 0.161. The minimum Gasteiger partial charge on any atom is -0.461 e. The number of nitrogens with zero attached hydrogens (tertiary/aromatic N) is 2. The molecular weight excluding hydrogens is 230 g/mol. The molecule has 1 aliphatic carbocycles. The maximum atomic E-state index is 13.0. The zero-order valence-electron chi connectivity index (χ0n) is 9.69. The molecule has 4 nitrogen and oxygen atoms in total. The summed E-state index contributed by atoms with van der Waals surface area (Å²) in [5.74, 6) is -3.87. The summed E-state index contributed by atoms with van der Waals surface area (Å²) in [5, 5.41) is 0. The highest BCUT2D eigenvalue weighted by atomic mass is 19.3. The van der Waals surface area contributed by atoms with E-state index in [4.69, 9.17) is 4.74 Å². The lowest BCUT2D eigenvalue weighted by Gasteiger charge is -2.42. The first-order valence-electron chi connectivity index (χ1n) is 5.54. The summed E-state index contributed by atoms with van der Waals surface area (Å²) < 4.78 is 32.4. The van der Waals surface area contributed by atoms with Crippen molar-refractivity contribution in [3.63, 3.8) is 0 Å². The molecule has 0 aliphatic heterocycles. The van der Waals surface area contributed by atoms with Gasteiger partial charge < -0.3 is 9.30 Å². The molecule has 0 N–H and O–H groups in total. The van der Waals surface area contributed by atoms with Crippen LogP contribution in [0.1, 0.15) is 36.8 Å². The van der Waals surface area contributed by atoms with E-state index >= 15 is 0 Å². The monoisotopic (exact) mass is 244 g/mol. The van der Waals surface area contributed by atoms with Gasteiger partial charge in [-0.2, -0.15) is 0 Å². The lowest BCUT2D eigenvalue weighted by Crippen LogP contribution is -2.46. The second-order valence-electron chi connectivity index (χ2n) is 4.25. The van der Waals surface area contributed by atoms with Crippen LogP contribution in [-0.4, -0.2) is 28.0 Å². The number of carbonyl (C=O) groups excluding carboxylic acids is 1. The van der Waals surface area contributed by atoms with Crippen LogP contribution in [0.3, 0.4) is 0 Å². The first-order valence-corrected chi connectivity index (χ1v) is 5.54. The molecule has 1 heterocycles. The van der Waals surface area contributed by atoms with Crippen LogP contribution in [0.25, 0.3) is 0 Å². The van der Waals surface area contributed by atoms with Gasteiger partial charge in [-0.3, -0.25) is 0 Å². The van der Waals surface area contributed by atoms with Gasteiger partial charge >= 0.3 is 5.97 Å². The second kappa shape index (κ2) is 4.09. The Morgan fingerprint density at radius 3 is 2.94 bits per heavy atom. The van der Waals surface area contributed by atoms with Gasteiger partial charge in [0.05, 0.1) is 12.9 Å². The fourth-order valence-corrected chi connectivity index (χ4v) is 1.95. The Kier molecular flexibility index (Phi) is 2.89. The first kappa shape index (κ1) is 12.0. The molecule has 1 saturated carbocycles. The largest absolute Gasteiger partial charge is 0.461 e. The maximum Gasteiger partial charge on any atom is 0.358 e. The maximum absolute atomic E-state index is 13.0. The molecule has 2 atom stereocenters. The highest BCUT2D eigenvalue weighted by molar-refractivity contribution is 5.86. The number of alkyl halides is 2. The van der Waals surface area contributed by atoms with Crippen LogP contribution in [0, 0.1) is 5.92 Å². The van der Waals surface area contributed by atoms with Gasteiger partial charge in [0.2, 0.25) is 0 Å². The van der Waals surface area contributed by atoms with Crippen molar-refractivity contribution in [2.75, 3.05) is 6.61 Å². The Balaban J connectivity index is 2.07. The van der Waals surface area contributed by atoms with Crippen LogP contribution >= 0.6 is 0 Å². The molecule has 0 amide bonds. The summed E-state index contributed by atoms with van der Waals surface area (Å²) in [7, 11) is 0. The van der Waals surface area contributed by atoms with Crippen molar-refractivity contribution < 1.29 is 18.3 Å². The molecule has 94 valence electrons. The van der Waals surface area contributed by atoms with Crippen molar-refractivity contribution in [3.8, 4) is 0 Å². The fraction of sp³-hybridized carbons (Fsp3) is 0.636. The highest BCUT2D eigenvalue weighted by Gasteiger charge is 2.54. The van der Waals surface area contributed by atoms with Gasteiger partial charge in [0.1, 0.15) is 0 Å². The molecule has 0 aromatic carbocycles. The minimum atomic E-state index is -2.61.